The number of amides is 1. The van der Waals surface area contributed by atoms with Crippen molar-refractivity contribution in [2.24, 2.45) is 5.92 Å². The summed E-state index contributed by atoms with van der Waals surface area (Å²) < 4.78 is 8.55. The van der Waals surface area contributed by atoms with Crippen molar-refractivity contribution >= 4 is 28.8 Å². The number of imidazole rings is 1. The van der Waals surface area contributed by atoms with Gasteiger partial charge in [0.25, 0.3) is 0 Å². The van der Waals surface area contributed by atoms with Gasteiger partial charge in [-0.25, -0.2) is 9.97 Å². The highest BCUT2D eigenvalue weighted by Gasteiger charge is 2.31. The van der Waals surface area contributed by atoms with E-state index in [9.17, 15) is 4.79 Å². The highest BCUT2D eigenvalue weighted by molar-refractivity contribution is 5.90. The molecule has 2 aliphatic rings. The SMILES string of the molecule is CNc1ccc(-c2cc3ncn(C4CC4)c3c(O[C@H](C)[C@H]3CNC(=O)C3)n2)cc1C=N. The van der Waals surface area contributed by atoms with Crippen molar-refractivity contribution in [1.29, 1.82) is 5.41 Å². The van der Waals surface area contributed by atoms with E-state index in [4.69, 9.17) is 15.1 Å². The fourth-order valence-corrected chi connectivity index (χ4v) is 4.19. The molecule has 0 bridgehead atoms. The Bertz CT molecular complexity index is 1170. The van der Waals surface area contributed by atoms with Crippen LogP contribution in [0.3, 0.4) is 0 Å². The Labute approximate surface area is 180 Å². The zero-order chi connectivity index (χ0) is 21.5. The first kappa shape index (κ1) is 19.5. The maximum Gasteiger partial charge on any atom is 0.241 e. The maximum atomic E-state index is 11.7. The van der Waals surface area contributed by atoms with Gasteiger partial charge in [-0.05, 0) is 38.0 Å². The lowest BCUT2D eigenvalue weighted by Gasteiger charge is -2.20. The molecule has 2 aromatic heterocycles. The highest BCUT2D eigenvalue weighted by Crippen LogP contribution is 2.40. The molecule has 1 saturated carbocycles. The van der Waals surface area contributed by atoms with Gasteiger partial charge >= 0.3 is 0 Å². The Hall–Kier alpha value is -3.42. The summed E-state index contributed by atoms with van der Waals surface area (Å²) in [5, 5.41) is 13.7. The Morgan fingerprint density at radius 3 is 2.87 bits per heavy atom. The van der Waals surface area contributed by atoms with E-state index in [0.29, 0.717) is 24.9 Å². The summed E-state index contributed by atoms with van der Waals surface area (Å²) in [6.07, 6.45) is 5.80. The second kappa shape index (κ2) is 7.68. The van der Waals surface area contributed by atoms with Crippen LogP contribution in [0.4, 0.5) is 5.69 Å². The van der Waals surface area contributed by atoms with Gasteiger partial charge in [0.2, 0.25) is 11.8 Å². The molecule has 1 saturated heterocycles. The summed E-state index contributed by atoms with van der Waals surface area (Å²) in [7, 11) is 1.84. The average molecular weight is 419 g/mol. The van der Waals surface area contributed by atoms with Crippen molar-refractivity contribution in [3.63, 3.8) is 0 Å². The van der Waals surface area contributed by atoms with Crippen molar-refractivity contribution in [1.82, 2.24) is 19.9 Å². The number of rotatable bonds is 7. The molecule has 31 heavy (non-hydrogen) atoms. The van der Waals surface area contributed by atoms with E-state index in [-0.39, 0.29) is 17.9 Å². The van der Waals surface area contributed by atoms with Gasteiger partial charge in [0.05, 0.1) is 17.5 Å². The number of hydrogen-bond donors (Lipinski definition) is 3. The van der Waals surface area contributed by atoms with Crippen LogP contribution in [0.15, 0.2) is 30.6 Å². The fraction of sp³-hybridized carbons (Fsp3) is 0.391. The van der Waals surface area contributed by atoms with E-state index in [1.807, 2.05) is 44.6 Å². The zero-order valence-electron chi connectivity index (χ0n) is 17.7. The first-order valence-corrected chi connectivity index (χ1v) is 10.7. The van der Waals surface area contributed by atoms with Crippen LogP contribution in [-0.2, 0) is 4.79 Å². The molecule has 8 heteroatoms. The number of nitrogens with one attached hydrogen (secondary N) is 3. The molecule has 5 rings (SSSR count). The summed E-state index contributed by atoms with van der Waals surface area (Å²) in [6, 6.07) is 8.30. The quantitative estimate of drug-likeness (QED) is 0.510. The standard InChI is InChI=1S/C23H26N6O2/c1-13(16-8-21(30)26-11-16)31-23-22-20(27-12-29(22)17-4-5-17)9-19(28-23)14-3-6-18(25-2)15(7-14)10-24/h3,6-7,9-10,12-13,16-17,24-25H,4-5,8,11H2,1-2H3,(H,26,30)/t13-,16-/m1/s1. The van der Waals surface area contributed by atoms with Gasteiger partial charge in [0.1, 0.15) is 11.6 Å². The second-order valence-corrected chi connectivity index (χ2v) is 8.35. The minimum atomic E-state index is -0.156. The molecular formula is C23H26N6O2. The van der Waals surface area contributed by atoms with E-state index >= 15 is 0 Å². The molecule has 1 aromatic carbocycles. The molecule has 1 aliphatic carbocycles. The number of aromatic nitrogens is 3. The van der Waals surface area contributed by atoms with Crippen LogP contribution in [-0.4, -0.2) is 46.4 Å². The minimum Gasteiger partial charge on any atom is -0.473 e. The number of carbonyl (C=O) groups excluding carboxylic acids is 1. The summed E-state index contributed by atoms with van der Waals surface area (Å²) in [4.78, 5) is 21.2. The summed E-state index contributed by atoms with van der Waals surface area (Å²) in [6.45, 7) is 2.62. The first-order chi connectivity index (χ1) is 15.1. The average Bonchev–Trinajstić information content (AvgIpc) is 3.38. The Morgan fingerprint density at radius 1 is 1.35 bits per heavy atom. The molecule has 1 aliphatic heterocycles. The van der Waals surface area contributed by atoms with Crippen LogP contribution < -0.4 is 15.4 Å². The number of anilines is 1. The minimum absolute atomic E-state index is 0.0686. The van der Waals surface area contributed by atoms with E-state index in [2.05, 4.69) is 20.2 Å². The van der Waals surface area contributed by atoms with Gasteiger partial charge < -0.3 is 25.3 Å². The molecule has 0 spiro atoms. The second-order valence-electron chi connectivity index (χ2n) is 8.35. The van der Waals surface area contributed by atoms with Crippen LogP contribution in [0.25, 0.3) is 22.3 Å². The van der Waals surface area contributed by atoms with Gasteiger partial charge in [-0.1, -0.05) is 6.07 Å². The van der Waals surface area contributed by atoms with Crippen molar-refractivity contribution in [3.8, 4) is 17.1 Å². The first-order valence-electron chi connectivity index (χ1n) is 10.7. The molecule has 0 radical (unpaired) electrons. The number of hydrogen-bond acceptors (Lipinski definition) is 6. The molecule has 2 fully saturated rings. The van der Waals surface area contributed by atoms with Crippen LogP contribution in [0.1, 0.15) is 37.8 Å². The van der Waals surface area contributed by atoms with Gasteiger partial charge in [0, 0.05) is 55.0 Å². The Kier molecular flexibility index (Phi) is 4.84. The third kappa shape index (κ3) is 3.62. The molecule has 3 heterocycles. The lowest BCUT2D eigenvalue weighted by Crippen LogP contribution is -2.26. The molecule has 160 valence electrons. The summed E-state index contributed by atoms with van der Waals surface area (Å²) >= 11 is 0. The number of carbonyl (C=O) groups is 1. The molecule has 0 unspecified atom stereocenters. The molecule has 2 atom stereocenters. The third-order valence-electron chi connectivity index (χ3n) is 6.20. The Morgan fingerprint density at radius 2 is 2.19 bits per heavy atom. The van der Waals surface area contributed by atoms with Gasteiger partial charge in [-0.15, -0.1) is 0 Å². The van der Waals surface area contributed by atoms with Gasteiger partial charge in [-0.2, -0.15) is 0 Å². The number of benzene rings is 1. The third-order valence-corrected chi connectivity index (χ3v) is 6.20. The molecule has 1 amide bonds. The number of ether oxygens (including phenoxy) is 1. The molecule has 8 nitrogen and oxygen atoms in total. The predicted molar refractivity (Wildman–Crippen MR) is 120 cm³/mol. The zero-order valence-corrected chi connectivity index (χ0v) is 17.7. The number of pyridine rings is 1. The van der Waals surface area contributed by atoms with E-state index in [1.54, 1.807) is 0 Å². The lowest BCUT2D eigenvalue weighted by atomic mass is 10.0. The van der Waals surface area contributed by atoms with Gasteiger partial charge in [-0.3, -0.25) is 4.79 Å². The van der Waals surface area contributed by atoms with E-state index in [1.165, 1.54) is 6.21 Å². The highest BCUT2D eigenvalue weighted by atomic mass is 16.5. The number of fused-ring (bicyclic) bond motifs is 1. The van der Waals surface area contributed by atoms with Gasteiger partial charge in [0.15, 0.2) is 0 Å². The maximum absolute atomic E-state index is 11.7. The van der Waals surface area contributed by atoms with Crippen LogP contribution in [0.5, 0.6) is 5.88 Å². The normalized spacial score (nSPS) is 19.3. The fourth-order valence-electron chi connectivity index (χ4n) is 4.19. The summed E-state index contributed by atoms with van der Waals surface area (Å²) in [5.41, 5.74) is 5.08. The summed E-state index contributed by atoms with van der Waals surface area (Å²) in [5.74, 6) is 0.738. The Balaban J connectivity index is 1.58. The smallest absolute Gasteiger partial charge is 0.241 e. The van der Waals surface area contributed by atoms with E-state index in [0.717, 1.165) is 46.4 Å². The molecule has 3 aromatic rings. The number of nitrogens with zero attached hydrogens (tertiary/aromatic N) is 3. The predicted octanol–water partition coefficient (Wildman–Crippen LogP) is 3.38. The molecular weight excluding hydrogens is 392 g/mol. The molecule has 3 N–H and O–H groups in total. The van der Waals surface area contributed by atoms with Crippen LogP contribution >= 0.6 is 0 Å². The van der Waals surface area contributed by atoms with Crippen molar-refractivity contribution in [2.45, 2.75) is 38.3 Å². The largest absolute Gasteiger partial charge is 0.473 e. The van der Waals surface area contributed by atoms with E-state index < -0.39 is 0 Å². The van der Waals surface area contributed by atoms with Crippen LogP contribution in [0, 0.1) is 11.3 Å². The van der Waals surface area contributed by atoms with Crippen molar-refractivity contribution < 1.29 is 9.53 Å². The van der Waals surface area contributed by atoms with Crippen molar-refractivity contribution in [2.75, 3.05) is 18.9 Å². The van der Waals surface area contributed by atoms with Crippen molar-refractivity contribution in [3.05, 3.63) is 36.2 Å². The van der Waals surface area contributed by atoms with Crippen LogP contribution in [0.2, 0.25) is 0 Å². The lowest BCUT2D eigenvalue weighted by molar-refractivity contribution is -0.119. The monoisotopic (exact) mass is 418 g/mol. The topological polar surface area (TPSA) is 105 Å².